The van der Waals surface area contributed by atoms with Gasteiger partial charge >= 0.3 is 0 Å². The van der Waals surface area contributed by atoms with Crippen molar-refractivity contribution in [2.24, 2.45) is 13.0 Å². The van der Waals surface area contributed by atoms with E-state index in [9.17, 15) is 4.79 Å². The fraction of sp³-hybridized carbons (Fsp3) is 0.615. The predicted molar refractivity (Wildman–Crippen MR) is 76.3 cm³/mol. The van der Waals surface area contributed by atoms with Gasteiger partial charge in [0.15, 0.2) is 10.8 Å². The van der Waals surface area contributed by atoms with Crippen LogP contribution in [0.3, 0.4) is 0 Å². The van der Waals surface area contributed by atoms with Crippen LogP contribution in [0.2, 0.25) is 0 Å². The van der Waals surface area contributed by atoms with Crippen molar-refractivity contribution >= 4 is 32.7 Å². The first kappa shape index (κ1) is 12.6. The summed E-state index contributed by atoms with van der Waals surface area (Å²) in [5.41, 5.74) is 1.81. The number of fused-ring (bicyclic) bond motifs is 1. The molecule has 0 aromatic carbocycles. The van der Waals surface area contributed by atoms with Crippen molar-refractivity contribution in [1.29, 1.82) is 0 Å². The molecule has 6 heteroatoms. The highest BCUT2D eigenvalue weighted by Gasteiger charge is 2.19. The third-order valence-electron chi connectivity index (χ3n) is 3.74. The first-order chi connectivity index (χ1) is 9.13. The zero-order valence-electron chi connectivity index (χ0n) is 11.3. The average molecular weight is 278 g/mol. The Morgan fingerprint density at radius 1 is 1.47 bits per heavy atom. The van der Waals surface area contributed by atoms with Crippen molar-refractivity contribution in [3.8, 4) is 0 Å². The van der Waals surface area contributed by atoms with Crippen molar-refractivity contribution in [3.63, 3.8) is 0 Å². The summed E-state index contributed by atoms with van der Waals surface area (Å²) in [4.78, 5) is 16.4. The Labute approximate surface area is 116 Å². The molecule has 0 atom stereocenters. The summed E-state index contributed by atoms with van der Waals surface area (Å²) in [6, 6.07) is 0. The van der Waals surface area contributed by atoms with E-state index in [1.807, 2.05) is 14.0 Å². The van der Waals surface area contributed by atoms with Gasteiger partial charge in [-0.25, -0.2) is 9.67 Å². The molecule has 3 rings (SSSR count). The van der Waals surface area contributed by atoms with Gasteiger partial charge in [0.2, 0.25) is 5.91 Å². The largest absolute Gasteiger partial charge is 0.302 e. The number of aryl methyl sites for hydroxylation is 2. The number of carbonyl (C=O) groups is 1. The smallest absolute Gasteiger partial charge is 0.226 e. The Kier molecular flexibility index (Phi) is 3.26. The van der Waals surface area contributed by atoms with Crippen molar-refractivity contribution < 1.29 is 4.79 Å². The van der Waals surface area contributed by atoms with Gasteiger partial charge in [0, 0.05) is 13.5 Å². The lowest BCUT2D eigenvalue weighted by Gasteiger charge is -2.07. The second kappa shape index (κ2) is 4.92. The molecule has 1 fully saturated rings. The standard InChI is InChI=1S/C13H18N4OS/c1-8-11-12(17(2)16-8)15-13(19-11)14-10(18)7-9-5-3-4-6-9/h9H,3-7H2,1-2H3,(H,14,15,18). The second-order valence-electron chi connectivity index (χ2n) is 5.28. The van der Waals surface area contributed by atoms with Crippen LogP contribution in [0, 0.1) is 12.8 Å². The van der Waals surface area contributed by atoms with E-state index >= 15 is 0 Å². The molecule has 2 heterocycles. The van der Waals surface area contributed by atoms with Crippen LogP contribution < -0.4 is 5.32 Å². The third kappa shape index (κ3) is 2.49. The van der Waals surface area contributed by atoms with E-state index in [4.69, 9.17) is 0 Å². The van der Waals surface area contributed by atoms with Crippen molar-refractivity contribution in [2.45, 2.75) is 39.0 Å². The number of carbonyl (C=O) groups excluding carboxylic acids is 1. The lowest BCUT2D eigenvalue weighted by molar-refractivity contribution is -0.117. The van der Waals surface area contributed by atoms with Crippen molar-refractivity contribution in [3.05, 3.63) is 5.69 Å². The summed E-state index contributed by atoms with van der Waals surface area (Å²) in [5, 5.41) is 7.92. The highest BCUT2D eigenvalue weighted by molar-refractivity contribution is 7.22. The molecule has 0 radical (unpaired) electrons. The Hall–Kier alpha value is -1.43. The maximum absolute atomic E-state index is 12.0. The van der Waals surface area contributed by atoms with E-state index in [2.05, 4.69) is 15.4 Å². The molecule has 1 saturated carbocycles. The topological polar surface area (TPSA) is 59.8 Å². The first-order valence-electron chi connectivity index (χ1n) is 6.73. The molecule has 1 aliphatic rings. The van der Waals surface area contributed by atoms with Gasteiger partial charge in [0.05, 0.1) is 10.4 Å². The Bertz CT molecular complexity index is 575. The number of rotatable bonds is 3. The molecule has 102 valence electrons. The van der Waals surface area contributed by atoms with Gasteiger partial charge in [-0.1, -0.05) is 24.2 Å². The predicted octanol–water partition coefficient (Wildman–Crippen LogP) is 2.86. The van der Waals surface area contributed by atoms with Gasteiger partial charge < -0.3 is 5.32 Å². The molecule has 0 unspecified atom stereocenters. The van der Waals surface area contributed by atoms with Gasteiger partial charge in [-0.2, -0.15) is 5.10 Å². The van der Waals surface area contributed by atoms with Crippen LogP contribution in [0.25, 0.3) is 10.3 Å². The molecular formula is C13H18N4OS. The summed E-state index contributed by atoms with van der Waals surface area (Å²) in [6.45, 7) is 1.96. The number of thiazole rings is 1. The number of nitrogens with one attached hydrogen (secondary N) is 1. The van der Waals surface area contributed by atoms with E-state index in [1.165, 1.54) is 37.0 Å². The number of amides is 1. The van der Waals surface area contributed by atoms with Crippen LogP contribution in [-0.4, -0.2) is 20.7 Å². The quantitative estimate of drug-likeness (QED) is 0.939. The Morgan fingerprint density at radius 2 is 2.21 bits per heavy atom. The van der Waals surface area contributed by atoms with E-state index in [1.54, 1.807) is 4.68 Å². The molecule has 1 N–H and O–H groups in total. The van der Waals surface area contributed by atoms with Gasteiger partial charge in [-0.15, -0.1) is 0 Å². The molecule has 5 nitrogen and oxygen atoms in total. The molecule has 0 spiro atoms. The van der Waals surface area contributed by atoms with Gasteiger partial charge in [-0.3, -0.25) is 4.79 Å². The molecule has 0 bridgehead atoms. The van der Waals surface area contributed by atoms with E-state index in [0.717, 1.165) is 16.0 Å². The van der Waals surface area contributed by atoms with E-state index in [-0.39, 0.29) is 5.91 Å². The summed E-state index contributed by atoms with van der Waals surface area (Å²) < 4.78 is 2.81. The summed E-state index contributed by atoms with van der Waals surface area (Å²) in [6.07, 6.45) is 5.55. The number of hydrogen-bond donors (Lipinski definition) is 1. The maximum Gasteiger partial charge on any atom is 0.226 e. The fourth-order valence-electron chi connectivity index (χ4n) is 2.79. The van der Waals surface area contributed by atoms with Crippen LogP contribution >= 0.6 is 11.3 Å². The molecule has 2 aromatic heterocycles. The summed E-state index contributed by atoms with van der Waals surface area (Å²) in [7, 11) is 1.87. The summed E-state index contributed by atoms with van der Waals surface area (Å²) in [5.74, 6) is 0.661. The van der Waals surface area contributed by atoms with Crippen LogP contribution in [0.1, 0.15) is 37.8 Å². The highest BCUT2D eigenvalue weighted by atomic mass is 32.1. The average Bonchev–Trinajstić information content (AvgIpc) is 3.01. The van der Waals surface area contributed by atoms with Crippen LogP contribution in [0.5, 0.6) is 0 Å². The minimum atomic E-state index is 0.0940. The SMILES string of the molecule is Cc1nn(C)c2nc(NC(=O)CC3CCCC3)sc12. The number of hydrogen-bond acceptors (Lipinski definition) is 4. The zero-order chi connectivity index (χ0) is 13.4. The molecule has 0 aliphatic heterocycles. The van der Waals surface area contributed by atoms with Gasteiger partial charge in [-0.05, 0) is 25.7 Å². The lowest BCUT2D eigenvalue weighted by Crippen LogP contribution is -2.14. The number of nitrogens with zero attached hydrogens (tertiary/aromatic N) is 3. The fourth-order valence-corrected chi connectivity index (χ4v) is 3.73. The molecule has 1 aliphatic carbocycles. The molecular weight excluding hydrogens is 260 g/mol. The lowest BCUT2D eigenvalue weighted by atomic mass is 10.0. The Balaban J connectivity index is 1.70. The Morgan fingerprint density at radius 3 is 2.89 bits per heavy atom. The van der Waals surface area contributed by atoms with Crippen LogP contribution in [0.15, 0.2) is 0 Å². The zero-order valence-corrected chi connectivity index (χ0v) is 12.1. The minimum absolute atomic E-state index is 0.0940. The molecule has 2 aromatic rings. The molecule has 0 saturated heterocycles. The van der Waals surface area contributed by atoms with E-state index < -0.39 is 0 Å². The van der Waals surface area contributed by atoms with E-state index in [0.29, 0.717) is 17.5 Å². The second-order valence-corrected chi connectivity index (χ2v) is 6.28. The first-order valence-corrected chi connectivity index (χ1v) is 7.55. The normalized spacial score (nSPS) is 16.3. The van der Waals surface area contributed by atoms with Gasteiger partial charge in [0.25, 0.3) is 0 Å². The maximum atomic E-state index is 12.0. The van der Waals surface area contributed by atoms with Crippen molar-refractivity contribution in [1.82, 2.24) is 14.8 Å². The summed E-state index contributed by atoms with van der Waals surface area (Å²) >= 11 is 1.50. The monoisotopic (exact) mass is 278 g/mol. The highest BCUT2D eigenvalue weighted by Crippen LogP contribution is 2.30. The third-order valence-corrected chi connectivity index (χ3v) is 4.81. The molecule has 1 amide bonds. The number of aromatic nitrogens is 3. The molecule has 19 heavy (non-hydrogen) atoms. The van der Waals surface area contributed by atoms with Crippen LogP contribution in [-0.2, 0) is 11.8 Å². The number of anilines is 1. The van der Waals surface area contributed by atoms with Crippen molar-refractivity contribution in [2.75, 3.05) is 5.32 Å². The minimum Gasteiger partial charge on any atom is -0.302 e. The van der Waals surface area contributed by atoms with Crippen LogP contribution in [0.4, 0.5) is 5.13 Å². The van der Waals surface area contributed by atoms with Gasteiger partial charge in [0.1, 0.15) is 0 Å².